The molecule has 2 rings (SSSR count). The van der Waals surface area contributed by atoms with Crippen molar-refractivity contribution >= 4 is 35.2 Å². The van der Waals surface area contributed by atoms with Gasteiger partial charge >= 0.3 is 0 Å². The lowest BCUT2D eigenvalue weighted by Crippen LogP contribution is -2.49. The first-order valence-corrected chi connectivity index (χ1v) is 8.67. The number of carbonyl (C=O) groups is 2. The summed E-state index contributed by atoms with van der Waals surface area (Å²) in [4.78, 5) is 23.6. The largest absolute Gasteiger partial charge is 0.484 e. The van der Waals surface area contributed by atoms with Gasteiger partial charge in [-0.05, 0) is 55.4 Å². The van der Waals surface area contributed by atoms with Crippen LogP contribution in [0.4, 0.5) is 0 Å². The van der Waals surface area contributed by atoms with E-state index in [9.17, 15) is 9.59 Å². The number of carbonyl (C=O) groups excluding carboxylic acids is 2. The van der Waals surface area contributed by atoms with Crippen LogP contribution in [0, 0.1) is 13.8 Å². The summed E-state index contributed by atoms with van der Waals surface area (Å²) in [5, 5.41) is 2.42. The summed E-state index contributed by atoms with van der Waals surface area (Å²) in [6.45, 7) is 3.74. The van der Waals surface area contributed by atoms with E-state index < -0.39 is 11.8 Å². The molecule has 0 unspecified atom stereocenters. The highest BCUT2D eigenvalue weighted by Crippen LogP contribution is 2.11. The van der Waals surface area contributed by atoms with Gasteiger partial charge in [0.2, 0.25) is 5.91 Å². The average molecular weight is 383 g/mol. The van der Waals surface area contributed by atoms with Gasteiger partial charge in [0.05, 0.1) is 0 Å². The van der Waals surface area contributed by atoms with Crippen LogP contribution in [0.2, 0.25) is 0 Å². The Labute approximate surface area is 163 Å². The predicted octanol–water partition coefficient (Wildman–Crippen LogP) is 2.42. The van der Waals surface area contributed by atoms with Gasteiger partial charge in [-0.2, -0.15) is 0 Å². The zero-order valence-electron chi connectivity index (χ0n) is 15.1. The van der Waals surface area contributed by atoms with Crippen LogP contribution in [0.25, 0.3) is 6.08 Å². The predicted molar refractivity (Wildman–Crippen MR) is 109 cm³/mol. The maximum atomic E-state index is 11.8. The molecule has 6 nitrogen and oxygen atoms in total. The van der Waals surface area contributed by atoms with Gasteiger partial charge in [0.15, 0.2) is 11.7 Å². The van der Waals surface area contributed by atoms with Gasteiger partial charge in [-0.15, -0.1) is 0 Å². The minimum atomic E-state index is -0.427. The van der Waals surface area contributed by atoms with Crippen molar-refractivity contribution in [2.45, 2.75) is 13.8 Å². The third kappa shape index (κ3) is 7.70. The summed E-state index contributed by atoms with van der Waals surface area (Å²) in [6, 6.07) is 15.1. The molecule has 2 amide bonds. The van der Waals surface area contributed by atoms with E-state index in [1.165, 1.54) is 6.08 Å². The Kier molecular flexibility index (Phi) is 7.51. The first-order valence-electron chi connectivity index (χ1n) is 8.26. The van der Waals surface area contributed by atoms with Crippen LogP contribution in [-0.2, 0) is 9.59 Å². The van der Waals surface area contributed by atoms with Crippen molar-refractivity contribution in [1.82, 2.24) is 16.2 Å². The molecule has 3 N–H and O–H groups in total. The van der Waals surface area contributed by atoms with Gasteiger partial charge in [-0.3, -0.25) is 25.8 Å². The second-order valence-corrected chi connectivity index (χ2v) is 6.25. The van der Waals surface area contributed by atoms with Gasteiger partial charge in [-0.25, -0.2) is 0 Å². The van der Waals surface area contributed by atoms with Crippen LogP contribution in [0.1, 0.15) is 16.7 Å². The van der Waals surface area contributed by atoms with Crippen LogP contribution >= 0.6 is 12.2 Å². The molecular weight excluding hydrogens is 362 g/mol. The molecular formula is C20H21N3O3S. The third-order valence-electron chi connectivity index (χ3n) is 3.42. The second kappa shape index (κ2) is 10.1. The third-order valence-corrected chi connectivity index (χ3v) is 3.62. The number of benzene rings is 2. The Morgan fingerprint density at radius 2 is 1.78 bits per heavy atom. The van der Waals surface area contributed by atoms with Gasteiger partial charge in [0, 0.05) is 6.08 Å². The fraction of sp³-hybridized carbons (Fsp3) is 0.150. The summed E-state index contributed by atoms with van der Waals surface area (Å²) >= 11 is 4.96. The Hall–Kier alpha value is -3.19. The Balaban J connectivity index is 1.69. The van der Waals surface area contributed by atoms with Crippen LogP contribution in [0.5, 0.6) is 5.75 Å². The maximum absolute atomic E-state index is 11.8. The number of hydrogen-bond acceptors (Lipinski definition) is 4. The van der Waals surface area contributed by atoms with Crippen molar-refractivity contribution in [3.05, 3.63) is 71.3 Å². The van der Waals surface area contributed by atoms with Crippen molar-refractivity contribution < 1.29 is 14.3 Å². The minimum Gasteiger partial charge on any atom is -0.484 e. The molecule has 7 heteroatoms. The zero-order chi connectivity index (χ0) is 19.6. The molecule has 140 valence electrons. The smallest absolute Gasteiger partial charge is 0.276 e. The molecule has 0 aliphatic carbocycles. The monoisotopic (exact) mass is 383 g/mol. The lowest BCUT2D eigenvalue weighted by molar-refractivity contribution is -0.123. The molecule has 0 aliphatic rings. The molecule has 0 spiro atoms. The Bertz CT molecular complexity index is 848. The van der Waals surface area contributed by atoms with Crippen molar-refractivity contribution in [3.8, 4) is 5.75 Å². The first kappa shape index (κ1) is 20.1. The first-order chi connectivity index (χ1) is 12.9. The minimum absolute atomic E-state index is 0.0162. The van der Waals surface area contributed by atoms with E-state index >= 15 is 0 Å². The molecule has 0 saturated carbocycles. The summed E-state index contributed by atoms with van der Waals surface area (Å²) in [7, 11) is 0. The normalized spacial score (nSPS) is 10.3. The molecule has 0 aromatic heterocycles. The van der Waals surface area contributed by atoms with Gasteiger partial charge < -0.3 is 4.74 Å². The maximum Gasteiger partial charge on any atom is 0.276 e. The van der Waals surface area contributed by atoms with E-state index in [1.807, 2.05) is 56.3 Å². The van der Waals surface area contributed by atoms with Gasteiger partial charge in [-0.1, -0.05) is 42.0 Å². The van der Waals surface area contributed by atoms with Crippen molar-refractivity contribution in [2.24, 2.45) is 0 Å². The molecule has 2 aromatic rings. The molecule has 0 radical (unpaired) electrons. The highest BCUT2D eigenvalue weighted by Gasteiger charge is 2.05. The zero-order valence-corrected chi connectivity index (χ0v) is 15.9. The summed E-state index contributed by atoms with van der Waals surface area (Å²) in [5.74, 6) is -0.232. The lowest BCUT2D eigenvalue weighted by Gasteiger charge is -2.10. The van der Waals surface area contributed by atoms with Crippen LogP contribution in [0.3, 0.4) is 0 Å². The average Bonchev–Trinajstić information content (AvgIpc) is 2.64. The number of ether oxygens (including phenoxy) is 1. The SMILES string of the molecule is Cc1ccc(/C=C/C(=O)NC(=S)NNC(=O)COc2cccc(C)c2)cc1. The van der Waals surface area contributed by atoms with E-state index in [1.54, 1.807) is 12.1 Å². The van der Waals surface area contributed by atoms with E-state index in [2.05, 4.69) is 16.2 Å². The number of aryl methyl sites for hydroxylation is 2. The van der Waals surface area contributed by atoms with Crippen molar-refractivity contribution in [3.63, 3.8) is 0 Å². The highest BCUT2D eigenvalue weighted by atomic mass is 32.1. The number of rotatable bonds is 5. The number of hydrazine groups is 1. The van der Waals surface area contributed by atoms with Gasteiger partial charge in [0.1, 0.15) is 5.75 Å². The lowest BCUT2D eigenvalue weighted by atomic mass is 10.1. The fourth-order valence-electron chi connectivity index (χ4n) is 2.05. The quantitative estimate of drug-likeness (QED) is 0.420. The molecule has 0 heterocycles. The Morgan fingerprint density at radius 3 is 2.48 bits per heavy atom. The van der Waals surface area contributed by atoms with E-state index in [0.29, 0.717) is 5.75 Å². The van der Waals surface area contributed by atoms with Crippen molar-refractivity contribution in [1.29, 1.82) is 0 Å². The van der Waals surface area contributed by atoms with Crippen molar-refractivity contribution in [2.75, 3.05) is 6.61 Å². The summed E-state index contributed by atoms with van der Waals surface area (Å²) < 4.78 is 5.36. The van der Waals surface area contributed by atoms with Crippen LogP contribution < -0.4 is 20.9 Å². The Morgan fingerprint density at radius 1 is 1.04 bits per heavy atom. The van der Waals surface area contributed by atoms with E-state index in [-0.39, 0.29) is 11.7 Å². The molecule has 0 aliphatic heterocycles. The molecule has 0 fully saturated rings. The number of amides is 2. The molecule has 0 bridgehead atoms. The summed E-state index contributed by atoms with van der Waals surface area (Å²) in [5.41, 5.74) is 7.89. The highest BCUT2D eigenvalue weighted by molar-refractivity contribution is 7.80. The summed E-state index contributed by atoms with van der Waals surface area (Å²) in [6.07, 6.45) is 3.03. The topological polar surface area (TPSA) is 79.5 Å². The van der Waals surface area contributed by atoms with E-state index in [0.717, 1.165) is 16.7 Å². The number of thiocarbonyl (C=S) groups is 1. The van der Waals surface area contributed by atoms with Crippen LogP contribution in [-0.4, -0.2) is 23.5 Å². The van der Waals surface area contributed by atoms with Crippen LogP contribution in [0.15, 0.2) is 54.6 Å². The van der Waals surface area contributed by atoms with E-state index in [4.69, 9.17) is 17.0 Å². The molecule has 0 saturated heterocycles. The molecule has 27 heavy (non-hydrogen) atoms. The fourth-order valence-corrected chi connectivity index (χ4v) is 2.20. The number of hydrogen-bond donors (Lipinski definition) is 3. The second-order valence-electron chi connectivity index (χ2n) is 5.84. The van der Waals surface area contributed by atoms with Gasteiger partial charge in [0.25, 0.3) is 5.91 Å². The molecule has 2 aromatic carbocycles. The number of nitrogens with one attached hydrogen (secondary N) is 3. The standard InChI is InChI=1S/C20H21N3O3S/c1-14-6-8-16(9-7-14)10-11-18(24)21-20(27)23-22-19(25)13-26-17-5-3-4-15(2)12-17/h3-12H,13H2,1-2H3,(H,22,25)(H2,21,23,24,27)/b11-10+. The molecule has 0 atom stereocenters.